The summed E-state index contributed by atoms with van der Waals surface area (Å²) in [5.41, 5.74) is 0.794. The lowest BCUT2D eigenvalue weighted by atomic mass is 10.1. The predicted molar refractivity (Wildman–Crippen MR) is 77.1 cm³/mol. The minimum Gasteiger partial charge on any atom is -0.478 e. The standard InChI is InChI=1S/C16H15NO4/c1-10(12-7-4-8-20-12)17-9-14-15(16(18)19)11-5-2-3-6-13(11)21-14/h2-8,10,17H,9H2,1H3,(H,18,19)/t10-/m1/s1. The van der Waals surface area contributed by atoms with Crippen LogP contribution in [0.25, 0.3) is 11.0 Å². The van der Waals surface area contributed by atoms with Crippen LogP contribution in [0.1, 0.15) is 34.8 Å². The van der Waals surface area contributed by atoms with E-state index in [-0.39, 0.29) is 11.6 Å². The van der Waals surface area contributed by atoms with Gasteiger partial charge in [-0.1, -0.05) is 18.2 Å². The molecule has 1 aromatic carbocycles. The lowest BCUT2D eigenvalue weighted by Crippen LogP contribution is -2.18. The molecule has 0 saturated heterocycles. The number of carbonyl (C=O) groups is 1. The number of hydrogen-bond acceptors (Lipinski definition) is 4. The zero-order chi connectivity index (χ0) is 14.8. The highest BCUT2D eigenvalue weighted by molar-refractivity contribution is 6.03. The number of furan rings is 2. The van der Waals surface area contributed by atoms with Gasteiger partial charge >= 0.3 is 5.97 Å². The number of rotatable bonds is 5. The fourth-order valence-corrected chi connectivity index (χ4v) is 2.34. The SMILES string of the molecule is C[C@@H](NCc1oc2ccccc2c1C(=O)O)c1ccco1. The third-order valence-electron chi connectivity index (χ3n) is 3.42. The van der Waals surface area contributed by atoms with Gasteiger partial charge in [-0.05, 0) is 25.1 Å². The van der Waals surface area contributed by atoms with Crippen molar-refractivity contribution in [3.63, 3.8) is 0 Å². The predicted octanol–water partition coefficient (Wildman–Crippen LogP) is 3.57. The molecular weight excluding hydrogens is 270 g/mol. The Kier molecular flexibility index (Phi) is 3.50. The van der Waals surface area contributed by atoms with Crippen molar-refractivity contribution in [1.82, 2.24) is 5.32 Å². The molecule has 3 rings (SSSR count). The molecule has 0 bridgehead atoms. The van der Waals surface area contributed by atoms with Crippen molar-refractivity contribution < 1.29 is 18.7 Å². The molecular formula is C16H15NO4. The smallest absolute Gasteiger partial charge is 0.339 e. The summed E-state index contributed by atoms with van der Waals surface area (Å²) in [6.45, 7) is 2.26. The minimum atomic E-state index is -0.984. The first-order valence-corrected chi connectivity index (χ1v) is 6.67. The minimum absolute atomic E-state index is 0.0325. The number of carboxylic acid groups (broad SMARTS) is 1. The van der Waals surface area contributed by atoms with Crippen LogP contribution in [0.3, 0.4) is 0 Å². The molecule has 2 N–H and O–H groups in total. The molecule has 0 amide bonds. The summed E-state index contributed by atoms with van der Waals surface area (Å²) in [4.78, 5) is 11.5. The quantitative estimate of drug-likeness (QED) is 0.749. The molecule has 2 heterocycles. The first-order valence-electron chi connectivity index (χ1n) is 6.67. The zero-order valence-electron chi connectivity index (χ0n) is 11.5. The van der Waals surface area contributed by atoms with E-state index >= 15 is 0 Å². The first kappa shape index (κ1) is 13.5. The molecule has 0 aliphatic rings. The van der Waals surface area contributed by atoms with E-state index in [0.717, 1.165) is 5.76 Å². The number of para-hydroxylation sites is 1. The van der Waals surface area contributed by atoms with Crippen LogP contribution in [0.4, 0.5) is 0 Å². The maximum atomic E-state index is 11.5. The van der Waals surface area contributed by atoms with Crippen molar-refractivity contribution in [2.75, 3.05) is 0 Å². The number of benzene rings is 1. The normalized spacial score (nSPS) is 12.6. The van der Waals surface area contributed by atoms with Gasteiger partial charge < -0.3 is 19.3 Å². The van der Waals surface area contributed by atoms with Crippen molar-refractivity contribution >= 4 is 16.9 Å². The van der Waals surface area contributed by atoms with Gasteiger partial charge in [-0.2, -0.15) is 0 Å². The van der Waals surface area contributed by atoms with E-state index < -0.39 is 5.97 Å². The monoisotopic (exact) mass is 285 g/mol. The summed E-state index contributed by atoms with van der Waals surface area (Å²) in [5.74, 6) is 0.229. The second-order valence-electron chi connectivity index (χ2n) is 4.82. The van der Waals surface area contributed by atoms with E-state index in [2.05, 4.69) is 5.32 Å². The highest BCUT2D eigenvalue weighted by Crippen LogP contribution is 2.26. The molecule has 21 heavy (non-hydrogen) atoms. The molecule has 0 radical (unpaired) electrons. The Morgan fingerprint density at radius 2 is 2.10 bits per heavy atom. The lowest BCUT2D eigenvalue weighted by molar-refractivity contribution is 0.0696. The summed E-state index contributed by atoms with van der Waals surface area (Å²) in [6.07, 6.45) is 1.61. The van der Waals surface area contributed by atoms with Crippen molar-refractivity contribution in [2.45, 2.75) is 19.5 Å². The van der Waals surface area contributed by atoms with Gasteiger partial charge in [0, 0.05) is 5.39 Å². The van der Waals surface area contributed by atoms with Crippen LogP contribution in [0.15, 0.2) is 51.5 Å². The van der Waals surface area contributed by atoms with E-state index in [0.29, 0.717) is 23.3 Å². The Morgan fingerprint density at radius 3 is 2.81 bits per heavy atom. The maximum absolute atomic E-state index is 11.5. The molecule has 0 spiro atoms. The van der Waals surface area contributed by atoms with Gasteiger partial charge in [-0.3, -0.25) is 0 Å². The molecule has 2 aromatic heterocycles. The molecule has 5 nitrogen and oxygen atoms in total. The van der Waals surface area contributed by atoms with Crippen LogP contribution in [0, 0.1) is 0 Å². The summed E-state index contributed by atoms with van der Waals surface area (Å²) >= 11 is 0. The molecule has 108 valence electrons. The van der Waals surface area contributed by atoms with Crippen LogP contribution in [-0.2, 0) is 6.54 Å². The Labute approximate surface area is 121 Å². The molecule has 0 aliphatic carbocycles. The van der Waals surface area contributed by atoms with Crippen molar-refractivity contribution in [2.24, 2.45) is 0 Å². The fourth-order valence-electron chi connectivity index (χ4n) is 2.34. The second kappa shape index (κ2) is 5.46. The third-order valence-corrected chi connectivity index (χ3v) is 3.42. The molecule has 1 atom stereocenters. The molecule has 0 saturated carbocycles. The lowest BCUT2D eigenvalue weighted by Gasteiger charge is -2.10. The number of nitrogens with one attached hydrogen (secondary N) is 1. The van der Waals surface area contributed by atoms with Gasteiger partial charge in [-0.15, -0.1) is 0 Å². The van der Waals surface area contributed by atoms with Gasteiger partial charge in [0.15, 0.2) is 0 Å². The molecule has 5 heteroatoms. The maximum Gasteiger partial charge on any atom is 0.339 e. The van der Waals surface area contributed by atoms with Crippen molar-refractivity contribution in [3.05, 3.63) is 59.7 Å². The van der Waals surface area contributed by atoms with Crippen LogP contribution < -0.4 is 5.32 Å². The van der Waals surface area contributed by atoms with Gasteiger partial charge in [0.25, 0.3) is 0 Å². The zero-order valence-corrected chi connectivity index (χ0v) is 11.5. The first-order chi connectivity index (χ1) is 10.2. The number of carboxylic acids is 1. The molecule has 0 unspecified atom stereocenters. The van der Waals surface area contributed by atoms with Crippen LogP contribution in [-0.4, -0.2) is 11.1 Å². The van der Waals surface area contributed by atoms with Crippen LogP contribution in [0.5, 0.6) is 0 Å². The van der Waals surface area contributed by atoms with E-state index in [4.69, 9.17) is 8.83 Å². The van der Waals surface area contributed by atoms with E-state index in [1.807, 2.05) is 25.1 Å². The molecule has 3 aromatic rings. The van der Waals surface area contributed by atoms with E-state index in [1.165, 1.54) is 0 Å². The topological polar surface area (TPSA) is 75.6 Å². The second-order valence-corrected chi connectivity index (χ2v) is 4.82. The Hall–Kier alpha value is -2.53. The van der Waals surface area contributed by atoms with Gasteiger partial charge in [0.2, 0.25) is 0 Å². The Bertz CT molecular complexity index is 758. The highest BCUT2D eigenvalue weighted by Gasteiger charge is 2.20. The highest BCUT2D eigenvalue weighted by atomic mass is 16.4. The van der Waals surface area contributed by atoms with E-state index in [9.17, 15) is 9.90 Å². The average Bonchev–Trinajstić information content (AvgIpc) is 3.11. The fraction of sp³-hybridized carbons (Fsp3) is 0.188. The molecule has 0 aliphatic heterocycles. The summed E-state index contributed by atoms with van der Waals surface area (Å²) in [7, 11) is 0. The Balaban J connectivity index is 1.86. The largest absolute Gasteiger partial charge is 0.478 e. The molecule has 0 fully saturated rings. The van der Waals surface area contributed by atoms with Gasteiger partial charge in [-0.25, -0.2) is 4.79 Å². The van der Waals surface area contributed by atoms with Crippen molar-refractivity contribution in [3.8, 4) is 0 Å². The van der Waals surface area contributed by atoms with E-state index in [1.54, 1.807) is 24.5 Å². The van der Waals surface area contributed by atoms with Crippen LogP contribution >= 0.6 is 0 Å². The number of hydrogen-bond donors (Lipinski definition) is 2. The summed E-state index contributed by atoms with van der Waals surface area (Å²) in [6, 6.07) is 10.8. The number of fused-ring (bicyclic) bond motifs is 1. The van der Waals surface area contributed by atoms with Crippen LogP contribution in [0.2, 0.25) is 0 Å². The average molecular weight is 285 g/mol. The third kappa shape index (κ3) is 2.55. The Morgan fingerprint density at radius 1 is 1.29 bits per heavy atom. The number of aromatic carboxylic acids is 1. The van der Waals surface area contributed by atoms with Gasteiger partial charge in [0.05, 0.1) is 18.8 Å². The summed E-state index contributed by atoms with van der Waals surface area (Å²) in [5, 5.41) is 13.2. The van der Waals surface area contributed by atoms with Crippen molar-refractivity contribution in [1.29, 1.82) is 0 Å². The summed E-state index contributed by atoms with van der Waals surface area (Å²) < 4.78 is 11.0. The van der Waals surface area contributed by atoms with Gasteiger partial charge in [0.1, 0.15) is 22.7 Å².